The maximum atomic E-state index is 13.1. The zero-order valence-electron chi connectivity index (χ0n) is 7.96. The topological polar surface area (TPSA) is 26.0 Å². The van der Waals surface area contributed by atoms with Crippen molar-refractivity contribution >= 4 is 15.9 Å². The van der Waals surface area contributed by atoms with Crippen LogP contribution in [-0.4, -0.2) is 11.2 Å². The van der Waals surface area contributed by atoms with E-state index in [9.17, 15) is 13.2 Å². The average Bonchev–Trinajstić information content (AvgIpc) is 2.65. The van der Waals surface area contributed by atoms with E-state index in [1.165, 1.54) is 18.3 Å². The van der Waals surface area contributed by atoms with Crippen LogP contribution in [-0.2, 0) is 5.41 Å². The van der Waals surface area contributed by atoms with Crippen LogP contribution >= 0.6 is 15.9 Å². The molecule has 0 saturated carbocycles. The molecule has 2 rings (SSSR count). The van der Waals surface area contributed by atoms with Crippen LogP contribution in [0, 0.1) is 0 Å². The standard InChI is InChI=1S/C10H7BrF3NO/c11-7-6-15-8(16-7)9(10(12,13)14)4-2-1-3-5-9/h1-4,6H,5H2. The van der Waals surface area contributed by atoms with Crippen molar-refractivity contribution in [2.45, 2.75) is 18.0 Å². The van der Waals surface area contributed by atoms with Gasteiger partial charge in [0.25, 0.3) is 0 Å². The molecular formula is C10H7BrF3NO. The quantitative estimate of drug-likeness (QED) is 0.788. The second-order valence-electron chi connectivity index (χ2n) is 3.43. The Morgan fingerprint density at radius 1 is 1.38 bits per heavy atom. The van der Waals surface area contributed by atoms with Crippen molar-refractivity contribution in [1.82, 2.24) is 4.98 Å². The summed E-state index contributed by atoms with van der Waals surface area (Å²) in [6.07, 6.45) is 2.04. The fraction of sp³-hybridized carbons (Fsp3) is 0.300. The van der Waals surface area contributed by atoms with Crippen molar-refractivity contribution in [2.75, 3.05) is 0 Å². The molecule has 0 radical (unpaired) electrons. The van der Waals surface area contributed by atoms with Crippen molar-refractivity contribution in [3.63, 3.8) is 0 Å². The van der Waals surface area contributed by atoms with Gasteiger partial charge in [0.2, 0.25) is 5.89 Å². The van der Waals surface area contributed by atoms with Crippen LogP contribution in [0.25, 0.3) is 0 Å². The Balaban J connectivity index is 2.51. The fourth-order valence-corrected chi connectivity index (χ4v) is 1.83. The average molecular weight is 294 g/mol. The van der Waals surface area contributed by atoms with Crippen LogP contribution in [0.2, 0.25) is 0 Å². The molecule has 86 valence electrons. The van der Waals surface area contributed by atoms with Gasteiger partial charge in [0, 0.05) is 0 Å². The molecule has 1 aromatic rings. The monoisotopic (exact) mass is 293 g/mol. The summed E-state index contributed by atoms with van der Waals surface area (Å²) >= 11 is 2.95. The van der Waals surface area contributed by atoms with Gasteiger partial charge >= 0.3 is 6.18 Å². The summed E-state index contributed by atoms with van der Waals surface area (Å²) < 4.78 is 44.4. The van der Waals surface area contributed by atoms with Crippen LogP contribution in [0.5, 0.6) is 0 Å². The SMILES string of the molecule is FC(F)(F)C1(c2ncc(Br)o2)C=CC=CC1. The van der Waals surface area contributed by atoms with Crippen LogP contribution in [0.4, 0.5) is 13.2 Å². The Morgan fingerprint density at radius 3 is 2.56 bits per heavy atom. The highest BCUT2D eigenvalue weighted by Crippen LogP contribution is 2.46. The number of aromatic nitrogens is 1. The summed E-state index contributed by atoms with van der Waals surface area (Å²) in [4.78, 5) is 3.66. The number of hydrogen-bond donors (Lipinski definition) is 0. The Hall–Kier alpha value is -1.04. The molecule has 0 amide bonds. The molecule has 6 heteroatoms. The normalized spacial score (nSPS) is 25.0. The number of allylic oxidation sites excluding steroid dienone is 4. The van der Waals surface area contributed by atoms with E-state index in [1.54, 1.807) is 6.08 Å². The molecule has 0 aromatic carbocycles. The van der Waals surface area contributed by atoms with Crippen molar-refractivity contribution in [2.24, 2.45) is 0 Å². The molecule has 0 bridgehead atoms. The Bertz CT molecular complexity index is 449. The second kappa shape index (κ2) is 3.76. The Kier molecular flexibility index (Phi) is 2.69. The van der Waals surface area contributed by atoms with Crippen molar-refractivity contribution in [3.05, 3.63) is 41.1 Å². The molecule has 1 atom stereocenters. The first-order chi connectivity index (χ1) is 7.46. The van der Waals surface area contributed by atoms with Crippen molar-refractivity contribution < 1.29 is 17.6 Å². The van der Waals surface area contributed by atoms with Crippen molar-refractivity contribution in [3.8, 4) is 0 Å². The molecule has 16 heavy (non-hydrogen) atoms. The van der Waals surface area contributed by atoms with Crippen LogP contribution in [0.3, 0.4) is 0 Å². The lowest BCUT2D eigenvalue weighted by molar-refractivity contribution is -0.181. The lowest BCUT2D eigenvalue weighted by Crippen LogP contribution is -2.41. The summed E-state index contributed by atoms with van der Waals surface area (Å²) in [5, 5.41) is 0. The van der Waals surface area contributed by atoms with Gasteiger partial charge in [-0.25, -0.2) is 4.98 Å². The highest BCUT2D eigenvalue weighted by molar-refractivity contribution is 9.10. The first-order valence-electron chi connectivity index (χ1n) is 4.49. The number of oxazole rings is 1. The number of alkyl halides is 3. The molecule has 1 aliphatic carbocycles. The summed E-state index contributed by atoms with van der Waals surface area (Å²) in [7, 11) is 0. The largest absolute Gasteiger partial charge is 0.433 e. The Morgan fingerprint density at radius 2 is 2.12 bits per heavy atom. The summed E-state index contributed by atoms with van der Waals surface area (Å²) in [5.41, 5.74) is -2.15. The number of nitrogens with zero attached hydrogens (tertiary/aromatic N) is 1. The van der Waals surface area contributed by atoms with Crippen LogP contribution in [0.1, 0.15) is 12.3 Å². The van der Waals surface area contributed by atoms with Gasteiger partial charge in [-0.3, -0.25) is 0 Å². The molecule has 0 fully saturated rings. The molecule has 0 saturated heterocycles. The van der Waals surface area contributed by atoms with Crippen molar-refractivity contribution in [1.29, 1.82) is 0 Å². The summed E-state index contributed by atoms with van der Waals surface area (Å²) in [6.45, 7) is 0. The van der Waals surface area contributed by atoms with Gasteiger partial charge in [0.05, 0.1) is 6.20 Å². The molecular weight excluding hydrogens is 287 g/mol. The number of halogens is 4. The number of rotatable bonds is 1. The minimum atomic E-state index is -4.43. The third kappa shape index (κ3) is 1.71. The molecule has 1 unspecified atom stereocenters. The van der Waals surface area contributed by atoms with Gasteiger partial charge in [0.1, 0.15) is 0 Å². The number of hydrogen-bond acceptors (Lipinski definition) is 2. The zero-order valence-corrected chi connectivity index (χ0v) is 9.55. The van der Waals surface area contributed by atoms with E-state index in [1.807, 2.05) is 0 Å². The van der Waals surface area contributed by atoms with Gasteiger partial charge in [-0.05, 0) is 22.4 Å². The van der Waals surface area contributed by atoms with Gasteiger partial charge in [-0.2, -0.15) is 13.2 Å². The third-order valence-electron chi connectivity index (χ3n) is 2.43. The molecule has 1 aliphatic rings. The minimum Gasteiger partial charge on any atom is -0.433 e. The lowest BCUT2D eigenvalue weighted by Gasteiger charge is -2.30. The van der Waals surface area contributed by atoms with Gasteiger partial charge in [-0.1, -0.05) is 24.3 Å². The van der Waals surface area contributed by atoms with Gasteiger partial charge < -0.3 is 4.42 Å². The van der Waals surface area contributed by atoms with E-state index in [-0.39, 0.29) is 17.0 Å². The second-order valence-corrected chi connectivity index (χ2v) is 4.21. The molecule has 1 heterocycles. The smallest absolute Gasteiger partial charge is 0.406 e. The zero-order chi connectivity index (χ0) is 11.8. The first-order valence-corrected chi connectivity index (χ1v) is 5.28. The molecule has 2 nitrogen and oxygen atoms in total. The van der Waals surface area contributed by atoms with Crippen LogP contribution in [0.15, 0.2) is 39.6 Å². The highest BCUT2D eigenvalue weighted by atomic mass is 79.9. The summed E-state index contributed by atoms with van der Waals surface area (Å²) in [6, 6.07) is 0. The van der Waals surface area contributed by atoms with E-state index in [0.29, 0.717) is 0 Å². The van der Waals surface area contributed by atoms with E-state index < -0.39 is 11.6 Å². The van der Waals surface area contributed by atoms with Crippen LogP contribution < -0.4 is 0 Å². The molecule has 1 aromatic heterocycles. The minimum absolute atomic E-state index is 0.189. The predicted molar refractivity (Wildman–Crippen MR) is 54.8 cm³/mol. The van der Waals surface area contributed by atoms with Gasteiger partial charge in [-0.15, -0.1) is 0 Å². The van der Waals surface area contributed by atoms with Gasteiger partial charge in [0.15, 0.2) is 10.1 Å². The summed E-state index contributed by atoms with van der Waals surface area (Å²) in [5.74, 6) is -0.340. The van der Waals surface area contributed by atoms with E-state index >= 15 is 0 Å². The Labute approximate surface area is 98.0 Å². The maximum absolute atomic E-state index is 13.1. The highest BCUT2D eigenvalue weighted by Gasteiger charge is 2.57. The molecule has 0 spiro atoms. The maximum Gasteiger partial charge on any atom is 0.406 e. The lowest BCUT2D eigenvalue weighted by atomic mass is 9.80. The third-order valence-corrected chi connectivity index (χ3v) is 2.80. The molecule has 0 aliphatic heterocycles. The fourth-order valence-electron chi connectivity index (χ4n) is 1.57. The van der Waals surface area contributed by atoms with E-state index in [4.69, 9.17) is 4.42 Å². The first kappa shape index (κ1) is 11.4. The van der Waals surface area contributed by atoms with E-state index in [0.717, 1.165) is 6.08 Å². The predicted octanol–water partition coefficient (Wildman–Crippen LogP) is 3.75. The molecule has 0 N–H and O–H groups in total. The van der Waals surface area contributed by atoms with E-state index in [2.05, 4.69) is 20.9 Å².